The largest absolute Gasteiger partial charge is 0.489 e. The van der Waals surface area contributed by atoms with Crippen LogP contribution in [0.5, 0.6) is 5.75 Å². The summed E-state index contributed by atoms with van der Waals surface area (Å²) in [6.07, 6.45) is 8.89. The van der Waals surface area contributed by atoms with Crippen molar-refractivity contribution in [1.29, 1.82) is 0 Å². The summed E-state index contributed by atoms with van der Waals surface area (Å²) >= 11 is 0. The maximum Gasteiger partial charge on any atom is 0.226 e. The predicted molar refractivity (Wildman–Crippen MR) is 110 cm³/mol. The number of ether oxygens (including phenoxy) is 1. The first-order valence-electron chi connectivity index (χ1n) is 10.9. The lowest BCUT2D eigenvalue weighted by Crippen LogP contribution is -2.54. The third kappa shape index (κ3) is 3.81. The molecular formula is C24H32FNO3. The number of amides is 1. The monoisotopic (exact) mass is 401 g/mol. The second-order valence-electron chi connectivity index (χ2n) is 9.39. The summed E-state index contributed by atoms with van der Waals surface area (Å²) in [7, 11) is 0. The van der Waals surface area contributed by atoms with E-state index in [0.717, 1.165) is 57.1 Å². The zero-order chi connectivity index (χ0) is 20.5. The molecule has 4 nitrogen and oxygen atoms in total. The number of nitrogens with one attached hydrogen (secondary N) is 1. The Hall–Kier alpha value is -1.88. The van der Waals surface area contributed by atoms with E-state index >= 15 is 0 Å². The minimum Gasteiger partial charge on any atom is -0.489 e. The van der Waals surface area contributed by atoms with E-state index in [-0.39, 0.29) is 35.5 Å². The van der Waals surface area contributed by atoms with Crippen LogP contribution in [0.2, 0.25) is 0 Å². The van der Waals surface area contributed by atoms with E-state index in [9.17, 15) is 14.3 Å². The molecule has 0 unspecified atom stereocenters. The topological polar surface area (TPSA) is 58.6 Å². The maximum absolute atomic E-state index is 13.0. The van der Waals surface area contributed by atoms with Crippen LogP contribution in [0.15, 0.2) is 36.2 Å². The quantitative estimate of drug-likeness (QED) is 0.671. The molecule has 2 bridgehead atoms. The Kier molecular flexibility index (Phi) is 5.45. The van der Waals surface area contributed by atoms with Crippen LogP contribution in [-0.4, -0.2) is 29.8 Å². The molecule has 1 amide bonds. The summed E-state index contributed by atoms with van der Waals surface area (Å²) in [6, 6.07) is 8.25. The Morgan fingerprint density at radius 3 is 2.21 bits per heavy atom. The average Bonchev–Trinajstić information content (AvgIpc) is 3.56. The van der Waals surface area contributed by atoms with Crippen molar-refractivity contribution in [2.75, 3.05) is 13.2 Å². The molecule has 4 saturated carbocycles. The zero-order valence-electron chi connectivity index (χ0n) is 17.3. The highest BCUT2D eigenvalue weighted by Gasteiger charge is 2.55. The van der Waals surface area contributed by atoms with Gasteiger partial charge in [0.1, 0.15) is 12.4 Å². The van der Waals surface area contributed by atoms with Gasteiger partial charge in [-0.1, -0.05) is 19.1 Å². The highest BCUT2D eigenvalue weighted by atomic mass is 19.1. The molecule has 0 radical (unpaired) electrons. The minimum atomic E-state index is -0.331. The number of aliphatic hydroxyl groups excluding tert-OH is 1. The summed E-state index contributed by atoms with van der Waals surface area (Å²) in [5.74, 6) is 0.922. The molecule has 4 aliphatic carbocycles. The fourth-order valence-electron chi connectivity index (χ4n) is 5.10. The third-order valence-electron chi connectivity index (χ3n) is 7.76. The number of hydrogen-bond acceptors (Lipinski definition) is 3. The lowest BCUT2D eigenvalue weighted by Gasteiger charge is -2.53. The smallest absolute Gasteiger partial charge is 0.226 e. The van der Waals surface area contributed by atoms with Crippen molar-refractivity contribution in [3.8, 4) is 5.75 Å². The Morgan fingerprint density at radius 1 is 1.10 bits per heavy atom. The van der Waals surface area contributed by atoms with Gasteiger partial charge in [0.05, 0.1) is 18.5 Å². The van der Waals surface area contributed by atoms with E-state index in [1.165, 1.54) is 5.56 Å². The zero-order valence-corrected chi connectivity index (χ0v) is 17.3. The molecule has 1 aromatic carbocycles. The van der Waals surface area contributed by atoms with Crippen LogP contribution in [0.3, 0.4) is 0 Å². The van der Waals surface area contributed by atoms with Crippen molar-refractivity contribution in [1.82, 2.24) is 5.32 Å². The van der Waals surface area contributed by atoms with Gasteiger partial charge in [-0.25, -0.2) is 4.39 Å². The van der Waals surface area contributed by atoms with E-state index in [1.807, 2.05) is 19.1 Å². The Labute approximate surface area is 172 Å². The van der Waals surface area contributed by atoms with Crippen molar-refractivity contribution in [2.45, 2.75) is 75.7 Å². The molecule has 0 aromatic heterocycles. The molecule has 5 rings (SSSR count). The van der Waals surface area contributed by atoms with Gasteiger partial charge < -0.3 is 15.2 Å². The van der Waals surface area contributed by atoms with Crippen molar-refractivity contribution in [2.24, 2.45) is 5.41 Å². The summed E-state index contributed by atoms with van der Waals surface area (Å²) < 4.78 is 18.4. The normalized spacial score (nSPS) is 30.1. The maximum atomic E-state index is 13.0. The molecular weight excluding hydrogens is 369 g/mol. The van der Waals surface area contributed by atoms with Gasteiger partial charge in [0.25, 0.3) is 0 Å². The van der Waals surface area contributed by atoms with Gasteiger partial charge in [-0.15, -0.1) is 0 Å². The molecule has 1 aromatic rings. The molecule has 0 spiro atoms. The van der Waals surface area contributed by atoms with Gasteiger partial charge in [-0.3, -0.25) is 4.79 Å². The van der Waals surface area contributed by atoms with Crippen LogP contribution in [0.25, 0.3) is 0 Å². The molecule has 0 aliphatic heterocycles. The molecule has 0 heterocycles. The van der Waals surface area contributed by atoms with Crippen LogP contribution in [0.4, 0.5) is 4.39 Å². The number of hydrogen-bond donors (Lipinski definition) is 2. The van der Waals surface area contributed by atoms with Gasteiger partial charge in [0.2, 0.25) is 5.91 Å². The SMILES string of the molecule is CC/C(=C\F)COc1ccc(C23CCC(C(=O)NC4(CO)CC4)(CC2)CC3)cc1. The predicted octanol–water partition coefficient (Wildman–Crippen LogP) is 4.56. The minimum absolute atomic E-state index is 0.0496. The number of aliphatic hydroxyl groups is 1. The molecule has 2 N–H and O–H groups in total. The number of carbonyl (C=O) groups is 1. The van der Waals surface area contributed by atoms with Gasteiger partial charge in [-0.2, -0.15) is 0 Å². The summed E-state index contributed by atoms with van der Waals surface area (Å²) in [4.78, 5) is 13.0. The number of benzene rings is 1. The molecule has 29 heavy (non-hydrogen) atoms. The highest BCUT2D eigenvalue weighted by molar-refractivity contribution is 5.84. The fraction of sp³-hybridized carbons (Fsp3) is 0.625. The Bertz CT molecular complexity index is 757. The highest BCUT2D eigenvalue weighted by Crippen LogP contribution is 2.58. The van der Waals surface area contributed by atoms with Crippen LogP contribution in [-0.2, 0) is 10.2 Å². The first-order chi connectivity index (χ1) is 14.0. The molecule has 0 atom stereocenters. The molecule has 4 fully saturated rings. The number of halogens is 1. The van der Waals surface area contributed by atoms with Gasteiger partial charge in [0.15, 0.2) is 0 Å². The van der Waals surface area contributed by atoms with E-state index < -0.39 is 0 Å². The molecule has 158 valence electrons. The summed E-state index contributed by atoms with van der Waals surface area (Å²) in [5.41, 5.74) is 1.55. The summed E-state index contributed by atoms with van der Waals surface area (Å²) in [5, 5.41) is 12.7. The Balaban J connectivity index is 1.38. The van der Waals surface area contributed by atoms with Crippen LogP contribution in [0, 0.1) is 5.41 Å². The lowest BCUT2D eigenvalue weighted by atomic mass is 9.51. The second kappa shape index (κ2) is 7.75. The molecule has 4 aliphatic rings. The third-order valence-corrected chi connectivity index (χ3v) is 7.76. The van der Waals surface area contributed by atoms with Crippen LogP contribution in [0.1, 0.15) is 70.3 Å². The standard InChI is InChI=1S/C24H32FNO3/c1-2-18(15-25)16-29-20-5-3-19(4-6-20)22-7-10-23(11-8-22,12-9-22)21(28)26-24(17-27)13-14-24/h3-6,15,27H,2,7-14,16-17H2,1H3,(H,26,28)/b18-15+. The number of carbonyl (C=O) groups excluding carboxylic acids is 1. The Morgan fingerprint density at radius 2 is 1.72 bits per heavy atom. The van der Waals surface area contributed by atoms with Crippen molar-refractivity contribution in [3.63, 3.8) is 0 Å². The molecule has 5 heteroatoms. The number of fused-ring (bicyclic) bond motifs is 3. The van der Waals surface area contributed by atoms with Gasteiger partial charge in [0, 0.05) is 5.41 Å². The molecule has 0 saturated heterocycles. The van der Waals surface area contributed by atoms with E-state index in [0.29, 0.717) is 18.3 Å². The number of rotatable bonds is 8. The van der Waals surface area contributed by atoms with E-state index in [2.05, 4.69) is 17.4 Å². The van der Waals surface area contributed by atoms with Crippen molar-refractivity contribution >= 4 is 5.91 Å². The average molecular weight is 402 g/mol. The second-order valence-corrected chi connectivity index (χ2v) is 9.39. The van der Waals surface area contributed by atoms with Crippen LogP contribution >= 0.6 is 0 Å². The van der Waals surface area contributed by atoms with E-state index in [1.54, 1.807) is 0 Å². The first kappa shape index (κ1) is 20.4. The summed E-state index contributed by atoms with van der Waals surface area (Å²) in [6.45, 7) is 2.25. The fourth-order valence-corrected chi connectivity index (χ4v) is 5.10. The van der Waals surface area contributed by atoms with Crippen LogP contribution < -0.4 is 10.1 Å². The lowest BCUT2D eigenvalue weighted by molar-refractivity contribution is -0.139. The van der Waals surface area contributed by atoms with Crippen molar-refractivity contribution in [3.05, 3.63) is 41.7 Å². The van der Waals surface area contributed by atoms with E-state index in [4.69, 9.17) is 4.74 Å². The van der Waals surface area contributed by atoms with Gasteiger partial charge in [-0.05, 0) is 86.5 Å². The first-order valence-corrected chi connectivity index (χ1v) is 10.9. The van der Waals surface area contributed by atoms with Crippen molar-refractivity contribution < 1.29 is 19.0 Å². The van der Waals surface area contributed by atoms with Gasteiger partial charge >= 0.3 is 0 Å².